The van der Waals surface area contributed by atoms with E-state index in [1.165, 1.54) is 24.3 Å². The normalized spacial score (nSPS) is 12.0. The molecule has 0 saturated carbocycles. The lowest BCUT2D eigenvalue weighted by molar-refractivity contribution is 0.102. The molecule has 0 spiro atoms. The van der Waals surface area contributed by atoms with Crippen LogP contribution in [-0.4, -0.2) is 19.9 Å². The molecule has 2 rings (SSSR count). The first-order valence-electron chi connectivity index (χ1n) is 7.28. The molecule has 0 aliphatic heterocycles. The van der Waals surface area contributed by atoms with Crippen LogP contribution < -0.4 is 10.0 Å². The Labute approximate surface area is 147 Å². The fourth-order valence-electron chi connectivity index (χ4n) is 2.02. The van der Waals surface area contributed by atoms with Crippen molar-refractivity contribution in [3.05, 3.63) is 59.1 Å². The fraction of sp³-hybridized carbons (Fsp3) is 0.235. The molecule has 0 aliphatic rings. The molecule has 0 heterocycles. The minimum absolute atomic E-state index is 0.108. The van der Waals surface area contributed by atoms with E-state index in [0.29, 0.717) is 16.3 Å². The van der Waals surface area contributed by atoms with Crippen LogP contribution >= 0.6 is 11.6 Å². The molecule has 0 aromatic heterocycles. The summed E-state index contributed by atoms with van der Waals surface area (Å²) >= 11 is 5.87. The Kier molecular flexibility index (Phi) is 5.32. The summed E-state index contributed by atoms with van der Waals surface area (Å²) in [6.45, 7) is 5.28. The second-order valence-corrected chi connectivity index (χ2v) is 8.46. The summed E-state index contributed by atoms with van der Waals surface area (Å²) in [4.78, 5) is 12.3. The lowest BCUT2D eigenvalue weighted by Gasteiger charge is -2.20. The predicted octanol–water partition coefficient (Wildman–Crippen LogP) is 3.67. The molecule has 0 fully saturated rings. The van der Waals surface area contributed by atoms with Gasteiger partial charge in [0.1, 0.15) is 0 Å². The molecule has 128 valence electrons. The van der Waals surface area contributed by atoms with Gasteiger partial charge < -0.3 is 5.32 Å². The minimum Gasteiger partial charge on any atom is -0.322 e. The molecule has 0 radical (unpaired) electrons. The van der Waals surface area contributed by atoms with Gasteiger partial charge in [0.25, 0.3) is 5.91 Å². The van der Waals surface area contributed by atoms with E-state index in [0.717, 1.165) is 0 Å². The van der Waals surface area contributed by atoms with E-state index in [-0.39, 0.29) is 10.8 Å². The molecule has 2 aromatic carbocycles. The van der Waals surface area contributed by atoms with Crippen LogP contribution in [0.25, 0.3) is 0 Å². The zero-order valence-electron chi connectivity index (χ0n) is 13.6. The number of anilines is 1. The average molecular weight is 367 g/mol. The Hall–Kier alpha value is -1.89. The number of halogens is 1. The highest BCUT2D eigenvalue weighted by Crippen LogP contribution is 2.17. The van der Waals surface area contributed by atoms with Crippen LogP contribution in [0.4, 0.5) is 5.69 Å². The molecule has 0 saturated heterocycles. The maximum absolute atomic E-state index is 12.2. The molecular weight excluding hydrogens is 348 g/mol. The van der Waals surface area contributed by atoms with Crippen molar-refractivity contribution in [1.82, 2.24) is 4.72 Å². The number of carbonyl (C=O) groups is 1. The first-order valence-corrected chi connectivity index (χ1v) is 9.14. The molecule has 0 unspecified atom stereocenters. The fourth-order valence-corrected chi connectivity index (χ4v) is 3.63. The number of nitrogens with one attached hydrogen (secondary N) is 2. The van der Waals surface area contributed by atoms with Gasteiger partial charge in [-0.1, -0.05) is 17.7 Å². The van der Waals surface area contributed by atoms with Crippen molar-refractivity contribution >= 4 is 33.2 Å². The number of rotatable bonds is 4. The van der Waals surface area contributed by atoms with Crippen molar-refractivity contribution in [2.75, 3.05) is 5.32 Å². The van der Waals surface area contributed by atoms with Crippen LogP contribution in [0.5, 0.6) is 0 Å². The molecular formula is C17H19ClN2O3S. The highest BCUT2D eigenvalue weighted by atomic mass is 35.5. The van der Waals surface area contributed by atoms with Crippen LogP contribution in [-0.2, 0) is 10.0 Å². The van der Waals surface area contributed by atoms with E-state index >= 15 is 0 Å². The molecule has 24 heavy (non-hydrogen) atoms. The molecule has 0 aliphatic carbocycles. The molecule has 5 nitrogen and oxygen atoms in total. The van der Waals surface area contributed by atoms with Gasteiger partial charge in [-0.3, -0.25) is 4.79 Å². The molecule has 2 N–H and O–H groups in total. The van der Waals surface area contributed by atoms with Crippen LogP contribution in [0.2, 0.25) is 5.02 Å². The summed E-state index contributed by atoms with van der Waals surface area (Å²) < 4.78 is 27.0. The monoisotopic (exact) mass is 366 g/mol. The van der Waals surface area contributed by atoms with Gasteiger partial charge in [0.2, 0.25) is 10.0 Å². The number of amides is 1. The van der Waals surface area contributed by atoms with Crippen molar-refractivity contribution in [2.24, 2.45) is 0 Å². The molecule has 0 atom stereocenters. The zero-order chi connectivity index (χ0) is 18.0. The second kappa shape index (κ2) is 6.93. The smallest absolute Gasteiger partial charge is 0.255 e. The number of carbonyl (C=O) groups excluding carboxylic acids is 1. The summed E-state index contributed by atoms with van der Waals surface area (Å²) in [7, 11) is -3.62. The molecule has 7 heteroatoms. The molecule has 2 aromatic rings. The van der Waals surface area contributed by atoms with E-state index in [9.17, 15) is 13.2 Å². The van der Waals surface area contributed by atoms with Gasteiger partial charge in [0.05, 0.1) is 4.90 Å². The highest BCUT2D eigenvalue weighted by molar-refractivity contribution is 7.89. The van der Waals surface area contributed by atoms with Crippen LogP contribution in [0, 0.1) is 0 Å². The summed E-state index contributed by atoms with van der Waals surface area (Å²) in [6.07, 6.45) is 0. The molecule has 1 amide bonds. The maximum Gasteiger partial charge on any atom is 0.255 e. The predicted molar refractivity (Wildman–Crippen MR) is 95.9 cm³/mol. The van der Waals surface area contributed by atoms with Gasteiger partial charge in [0.15, 0.2) is 0 Å². The van der Waals surface area contributed by atoms with Gasteiger partial charge in [0, 0.05) is 21.8 Å². The highest BCUT2D eigenvalue weighted by Gasteiger charge is 2.22. The van der Waals surface area contributed by atoms with Gasteiger partial charge in [-0.05, 0) is 63.2 Å². The quantitative estimate of drug-likeness (QED) is 0.866. The lowest BCUT2D eigenvalue weighted by atomic mass is 10.1. The summed E-state index contributed by atoms with van der Waals surface area (Å²) in [5.74, 6) is -0.343. The van der Waals surface area contributed by atoms with Gasteiger partial charge >= 0.3 is 0 Å². The Morgan fingerprint density at radius 2 is 1.67 bits per heavy atom. The minimum atomic E-state index is -3.62. The first kappa shape index (κ1) is 18.4. The number of sulfonamides is 1. The number of hydrogen-bond donors (Lipinski definition) is 2. The van der Waals surface area contributed by atoms with Crippen LogP contribution in [0.1, 0.15) is 31.1 Å². The Bertz CT molecular complexity index is 841. The Morgan fingerprint density at radius 3 is 2.21 bits per heavy atom. The van der Waals surface area contributed by atoms with E-state index < -0.39 is 15.6 Å². The van der Waals surface area contributed by atoms with Crippen molar-refractivity contribution in [2.45, 2.75) is 31.2 Å². The lowest BCUT2D eigenvalue weighted by Crippen LogP contribution is -2.40. The van der Waals surface area contributed by atoms with Crippen LogP contribution in [0.3, 0.4) is 0 Å². The summed E-state index contributed by atoms with van der Waals surface area (Å²) in [5, 5.41) is 3.22. The SMILES string of the molecule is CC(C)(C)NS(=O)(=O)c1ccc(C(=O)Nc2cccc(Cl)c2)cc1. The summed E-state index contributed by atoms with van der Waals surface area (Å²) in [6, 6.07) is 12.5. The van der Waals surface area contributed by atoms with Gasteiger partial charge in [-0.25, -0.2) is 13.1 Å². The third kappa shape index (κ3) is 5.06. The third-order valence-electron chi connectivity index (χ3n) is 2.95. The zero-order valence-corrected chi connectivity index (χ0v) is 15.2. The van der Waals surface area contributed by atoms with Crippen molar-refractivity contribution in [3.63, 3.8) is 0 Å². The van der Waals surface area contributed by atoms with Gasteiger partial charge in [-0.15, -0.1) is 0 Å². The topological polar surface area (TPSA) is 75.3 Å². The average Bonchev–Trinajstić information content (AvgIpc) is 2.45. The Balaban J connectivity index is 2.16. The second-order valence-electron chi connectivity index (χ2n) is 6.34. The summed E-state index contributed by atoms with van der Waals surface area (Å²) in [5.41, 5.74) is 0.338. The number of hydrogen-bond acceptors (Lipinski definition) is 3. The van der Waals surface area contributed by atoms with Crippen LogP contribution in [0.15, 0.2) is 53.4 Å². The third-order valence-corrected chi connectivity index (χ3v) is 4.96. The van der Waals surface area contributed by atoms with E-state index in [4.69, 9.17) is 11.6 Å². The van der Waals surface area contributed by atoms with E-state index in [1.54, 1.807) is 45.0 Å². The largest absolute Gasteiger partial charge is 0.322 e. The number of benzene rings is 2. The standard InChI is InChI=1S/C17H19ClN2O3S/c1-17(2,3)20-24(22,23)15-9-7-12(8-10-15)16(21)19-14-6-4-5-13(18)11-14/h4-11,20H,1-3H3,(H,19,21). The molecule has 0 bridgehead atoms. The maximum atomic E-state index is 12.2. The van der Waals surface area contributed by atoms with E-state index in [1.807, 2.05) is 0 Å². The van der Waals surface area contributed by atoms with Crippen molar-refractivity contribution < 1.29 is 13.2 Å². The van der Waals surface area contributed by atoms with Crippen molar-refractivity contribution in [3.8, 4) is 0 Å². The first-order chi connectivity index (χ1) is 11.1. The van der Waals surface area contributed by atoms with E-state index in [2.05, 4.69) is 10.0 Å². The van der Waals surface area contributed by atoms with Gasteiger partial charge in [-0.2, -0.15) is 0 Å². The van der Waals surface area contributed by atoms with Crippen molar-refractivity contribution in [1.29, 1.82) is 0 Å². The Morgan fingerprint density at radius 1 is 1.04 bits per heavy atom.